The molecule has 0 spiro atoms. The fourth-order valence-electron chi connectivity index (χ4n) is 15.5. The highest BCUT2D eigenvalue weighted by Gasteiger charge is 2.39. The summed E-state index contributed by atoms with van der Waals surface area (Å²) < 4.78 is 6.24. The number of hydrogen-bond acceptors (Lipinski definition) is 1. The number of benzene rings is 13. The SMILES string of the molecule is CC(C)(C)Oc1ccc(-c2c3ccccc3c(-c3ccc4c(c3)C(C)(C)c3cc(-c5ccc6c(c5)C(C)(C)c5cc(-c7c8ccccc8c(-c8ccc9c(c8)C(C)(C)c8ccccc8-9)c8ccccc78)ccc5-6)ccc3-4)c3ccccc23)cc1. The molecule has 84 heavy (non-hydrogen) atoms. The highest BCUT2D eigenvalue weighted by Crippen LogP contribution is 2.56. The van der Waals surface area contributed by atoms with Crippen molar-refractivity contribution in [3.05, 3.63) is 270 Å². The van der Waals surface area contributed by atoms with Crippen molar-refractivity contribution < 1.29 is 4.74 Å². The molecule has 0 amide bonds. The van der Waals surface area contributed by atoms with E-state index in [9.17, 15) is 0 Å². The lowest BCUT2D eigenvalue weighted by molar-refractivity contribution is 0.131. The average molecular weight is 1080 g/mol. The van der Waals surface area contributed by atoms with Crippen molar-refractivity contribution in [2.75, 3.05) is 0 Å². The van der Waals surface area contributed by atoms with Crippen molar-refractivity contribution in [1.29, 1.82) is 0 Å². The molecule has 0 N–H and O–H groups in total. The van der Waals surface area contributed by atoms with Crippen LogP contribution in [0.3, 0.4) is 0 Å². The van der Waals surface area contributed by atoms with Crippen molar-refractivity contribution in [3.63, 3.8) is 0 Å². The second kappa shape index (κ2) is 17.9. The van der Waals surface area contributed by atoms with Gasteiger partial charge in [0.15, 0.2) is 0 Å². The van der Waals surface area contributed by atoms with Gasteiger partial charge in [0, 0.05) is 16.2 Å². The van der Waals surface area contributed by atoms with Gasteiger partial charge in [0.05, 0.1) is 0 Å². The Balaban J connectivity index is 0.744. The lowest BCUT2D eigenvalue weighted by atomic mass is 9.79. The molecule has 0 saturated carbocycles. The van der Waals surface area contributed by atoms with E-state index >= 15 is 0 Å². The molecule has 0 radical (unpaired) electrons. The summed E-state index contributed by atoms with van der Waals surface area (Å²) in [5.74, 6) is 0.881. The summed E-state index contributed by atoms with van der Waals surface area (Å²) in [6.45, 7) is 20.7. The molecular formula is C83H66O. The van der Waals surface area contributed by atoms with Gasteiger partial charge in [-0.3, -0.25) is 0 Å². The molecule has 1 heteroatoms. The van der Waals surface area contributed by atoms with E-state index in [4.69, 9.17) is 4.74 Å². The van der Waals surface area contributed by atoms with Gasteiger partial charge < -0.3 is 4.74 Å². The van der Waals surface area contributed by atoms with E-state index < -0.39 is 0 Å². The van der Waals surface area contributed by atoms with Crippen LogP contribution in [0.4, 0.5) is 0 Å². The monoisotopic (exact) mass is 1080 g/mol. The molecule has 0 aromatic heterocycles. The predicted octanol–water partition coefficient (Wildman–Crippen LogP) is 22.7. The van der Waals surface area contributed by atoms with Gasteiger partial charge in [-0.15, -0.1) is 0 Å². The summed E-state index contributed by atoms with van der Waals surface area (Å²) in [6, 6.07) is 90.0. The Hall–Kier alpha value is -9.30. The minimum Gasteiger partial charge on any atom is -0.488 e. The molecule has 0 unspecified atom stereocenters. The maximum absolute atomic E-state index is 6.24. The third-order valence-electron chi connectivity index (χ3n) is 19.6. The lowest BCUT2D eigenvalue weighted by Gasteiger charge is -2.24. The average Bonchev–Trinajstić information content (AvgIpc) is 1.84. The Bertz CT molecular complexity index is 4860. The van der Waals surface area contributed by atoms with Crippen molar-refractivity contribution in [2.45, 2.75) is 84.2 Å². The van der Waals surface area contributed by atoms with E-state index in [1.165, 1.54) is 165 Å². The summed E-state index contributed by atoms with van der Waals surface area (Å²) in [7, 11) is 0. The van der Waals surface area contributed by atoms with Crippen LogP contribution in [0.2, 0.25) is 0 Å². The van der Waals surface area contributed by atoms with Gasteiger partial charge in [-0.1, -0.05) is 236 Å². The van der Waals surface area contributed by atoms with Crippen molar-refractivity contribution in [3.8, 4) is 94.8 Å². The Morgan fingerprint density at radius 2 is 0.476 bits per heavy atom. The lowest BCUT2D eigenvalue weighted by Crippen LogP contribution is -2.22. The Labute approximate surface area is 493 Å². The first kappa shape index (κ1) is 50.4. The van der Waals surface area contributed by atoms with Gasteiger partial charge in [0.1, 0.15) is 11.4 Å². The minimum atomic E-state index is -0.265. The molecule has 0 heterocycles. The maximum Gasteiger partial charge on any atom is 0.120 e. The zero-order valence-electron chi connectivity index (χ0n) is 49.4. The van der Waals surface area contributed by atoms with Gasteiger partial charge in [0.25, 0.3) is 0 Å². The second-order valence-corrected chi connectivity index (χ2v) is 26.6. The summed E-state index contributed by atoms with van der Waals surface area (Å²) >= 11 is 0. The number of ether oxygens (including phenoxy) is 1. The normalized spacial score (nSPS) is 14.8. The standard InChI is InChI=1S/C83H66O/c1-80(2,3)84-55-37-30-49(31-38-55)76-62-21-10-12-23-64(62)77(65-24-13-11-22-63(65)76)53-35-42-60-58-39-32-50(44-71(58)82(6,7)74(60)47-53)51-33-40-59-61-43-36-54(48-75(61)83(8,9)72(59)45-51)79-68-27-16-14-25-66(68)78(67-26-15-17-28-69(67)79)52-34-41-57-56-20-18-19-29-70(56)81(4,5)73(57)46-52/h10-48H,1-9H3. The molecule has 3 aliphatic carbocycles. The van der Waals surface area contributed by atoms with Crippen LogP contribution in [0.5, 0.6) is 5.75 Å². The third kappa shape index (κ3) is 7.34. The number of fused-ring (bicyclic) bond motifs is 13. The summed E-state index contributed by atoms with van der Waals surface area (Å²) in [6.07, 6.45) is 0. The summed E-state index contributed by atoms with van der Waals surface area (Å²) in [4.78, 5) is 0. The van der Waals surface area contributed by atoms with Gasteiger partial charge in [-0.05, 0) is 229 Å². The van der Waals surface area contributed by atoms with Gasteiger partial charge in [-0.25, -0.2) is 0 Å². The zero-order valence-corrected chi connectivity index (χ0v) is 49.4. The molecule has 13 aromatic rings. The quantitative estimate of drug-likeness (QED) is 0.151. The summed E-state index contributed by atoms with van der Waals surface area (Å²) in [5, 5.41) is 10.1. The van der Waals surface area contributed by atoms with Crippen LogP contribution in [0, 0.1) is 0 Å². The Morgan fingerprint density at radius 1 is 0.238 bits per heavy atom. The van der Waals surface area contributed by atoms with Crippen LogP contribution in [0.15, 0.2) is 237 Å². The minimum absolute atomic E-state index is 0.0834. The highest BCUT2D eigenvalue weighted by molar-refractivity contribution is 6.23. The van der Waals surface area contributed by atoms with Crippen LogP contribution in [-0.4, -0.2) is 5.60 Å². The number of rotatable bonds is 6. The van der Waals surface area contributed by atoms with E-state index in [-0.39, 0.29) is 21.8 Å². The van der Waals surface area contributed by atoms with Crippen LogP contribution >= 0.6 is 0 Å². The Kier molecular flexibility index (Phi) is 10.7. The number of hydrogen-bond donors (Lipinski definition) is 0. The van der Waals surface area contributed by atoms with Gasteiger partial charge >= 0.3 is 0 Å². The molecule has 0 saturated heterocycles. The molecule has 0 fully saturated rings. The largest absolute Gasteiger partial charge is 0.488 e. The van der Waals surface area contributed by atoms with Crippen molar-refractivity contribution in [1.82, 2.24) is 0 Å². The molecule has 0 aliphatic heterocycles. The zero-order chi connectivity index (χ0) is 57.2. The predicted molar refractivity (Wildman–Crippen MR) is 357 cm³/mol. The highest BCUT2D eigenvalue weighted by atomic mass is 16.5. The van der Waals surface area contributed by atoms with E-state index in [1.54, 1.807) is 0 Å². The van der Waals surface area contributed by atoms with Crippen LogP contribution in [0.1, 0.15) is 95.7 Å². The molecule has 1 nitrogen and oxygen atoms in total. The molecule has 0 bridgehead atoms. The molecule has 0 atom stereocenters. The molecule has 13 aromatic carbocycles. The van der Waals surface area contributed by atoms with E-state index in [0.29, 0.717) is 0 Å². The summed E-state index contributed by atoms with van der Waals surface area (Å²) in [5.41, 5.74) is 28.1. The van der Waals surface area contributed by atoms with E-state index in [2.05, 4.69) is 299 Å². The maximum atomic E-state index is 6.24. The van der Waals surface area contributed by atoms with Gasteiger partial charge in [0.2, 0.25) is 0 Å². The molecule has 3 aliphatic rings. The topological polar surface area (TPSA) is 9.23 Å². The van der Waals surface area contributed by atoms with Crippen LogP contribution < -0.4 is 4.74 Å². The fraction of sp³-hybridized carbons (Fsp3) is 0.157. The van der Waals surface area contributed by atoms with Crippen LogP contribution in [0.25, 0.3) is 132 Å². The third-order valence-corrected chi connectivity index (χ3v) is 19.6. The fourth-order valence-corrected chi connectivity index (χ4v) is 15.5. The van der Waals surface area contributed by atoms with Crippen molar-refractivity contribution in [2.24, 2.45) is 0 Å². The van der Waals surface area contributed by atoms with Crippen molar-refractivity contribution >= 4 is 43.1 Å². The molecular weight excluding hydrogens is 1010 g/mol. The first-order valence-electron chi connectivity index (χ1n) is 30.1. The smallest absolute Gasteiger partial charge is 0.120 e. The molecule has 16 rings (SSSR count). The first-order valence-corrected chi connectivity index (χ1v) is 30.1. The Morgan fingerprint density at radius 3 is 0.798 bits per heavy atom. The van der Waals surface area contributed by atoms with E-state index in [0.717, 1.165) is 5.75 Å². The van der Waals surface area contributed by atoms with Crippen LogP contribution in [-0.2, 0) is 16.2 Å². The van der Waals surface area contributed by atoms with E-state index in [1.807, 2.05) is 0 Å². The first-order chi connectivity index (χ1) is 40.5. The second-order valence-electron chi connectivity index (χ2n) is 26.6. The van der Waals surface area contributed by atoms with Gasteiger partial charge in [-0.2, -0.15) is 0 Å². The molecule has 404 valence electrons.